The average Bonchev–Trinajstić information content (AvgIpc) is 3.11. The van der Waals surface area contributed by atoms with Crippen molar-refractivity contribution in [2.75, 3.05) is 19.5 Å². The second-order valence-corrected chi connectivity index (χ2v) is 5.79. The van der Waals surface area contributed by atoms with E-state index in [9.17, 15) is 4.79 Å². The quantitative estimate of drug-likeness (QED) is 0.694. The van der Waals surface area contributed by atoms with E-state index in [0.29, 0.717) is 35.1 Å². The fourth-order valence-corrected chi connectivity index (χ4v) is 2.49. The van der Waals surface area contributed by atoms with Crippen LogP contribution in [0.2, 0.25) is 0 Å². The Hall–Kier alpha value is -3.48. The Labute approximate surface area is 157 Å². The lowest BCUT2D eigenvalue weighted by atomic mass is 10.2. The van der Waals surface area contributed by atoms with Gasteiger partial charge < -0.3 is 24.1 Å². The molecule has 0 aliphatic rings. The molecule has 3 aromatic rings. The highest BCUT2D eigenvalue weighted by Gasteiger charge is 2.11. The van der Waals surface area contributed by atoms with Crippen LogP contribution in [-0.2, 0) is 13.7 Å². The van der Waals surface area contributed by atoms with Crippen molar-refractivity contribution in [3.8, 4) is 17.2 Å². The number of nitrogens with one attached hydrogen (secondary N) is 1. The summed E-state index contributed by atoms with van der Waals surface area (Å²) in [6.07, 6.45) is 3.58. The van der Waals surface area contributed by atoms with E-state index in [4.69, 9.17) is 14.2 Å². The third kappa shape index (κ3) is 4.38. The maximum atomic E-state index is 12.5. The van der Waals surface area contributed by atoms with E-state index >= 15 is 0 Å². The molecule has 3 rings (SSSR count). The van der Waals surface area contributed by atoms with E-state index in [-0.39, 0.29) is 5.91 Å². The number of carbonyl (C=O) groups excluding carboxylic acids is 1. The molecular formula is C20H21N3O4. The van der Waals surface area contributed by atoms with Gasteiger partial charge >= 0.3 is 0 Å². The highest BCUT2D eigenvalue weighted by molar-refractivity contribution is 6.05. The number of amides is 1. The molecule has 1 N–H and O–H groups in total. The van der Waals surface area contributed by atoms with Crippen LogP contribution in [0, 0.1) is 0 Å². The standard InChI is InChI=1S/C20H21N3O4/c1-23-11-10-21-19(23)13-27-15-6-4-14(5-7-15)20(24)22-17-12-16(25-2)8-9-18(17)26-3/h4-12H,13H2,1-3H3,(H,22,24). The smallest absolute Gasteiger partial charge is 0.255 e. The fourth-order valence-electron chi connectivity index (χ4n) is 2.49. The molecule has 1 heterocycles. The van der Waals surface area contributed by atoms with Crippen LogP contribution in [0.25, 0.3) is 0 Å². The molecule has 0 radical (unpaired) electrons. The molecule has 27 heavy (non-hydrogen) atoms. The highest BCUT2D eigenvalue weighted by atomic mass is 16.5. The van der Waals surface area contributed by atoms with Gasteiger partial charge in [-0.15, -0.1) is 0 Å². The van der Waals surface area contributed by atoms with Gasteiger partial charge in [-0.1, -0.05) is 0 Å². The van der Waals surface area contributed by atoms with Crippen molar-refractivity contribution in [2.45, 2.75) is 6.61 Å². The van der Waals surface area contributed by atoms with Gasteiger partial charge in [0.2, 0.25) is 0 Å². The van der Waals surface area contributed by atoms with Crippen LogP contribution in [0.4, 0.5) is 5.69 Å². The largest absolute Gasteiger partial charge is 0.497 e. The number of aryl methyl sites for hydroxylation is 1. The first kappa shape index (κ1) is 18.3. The number of nitrogens with zero attached hydrogens (tertiary/aromatic N) is 2. The number of methoxy groups -OCH3 is 2. The molecule has 0 unspecified atom stereocenters. The highest BCUT2D eigenvalue weighted by Crippen LogP contribution is 2.29. The van der Waals surface area contributed by atoms with Crippen molar-refractivity contribution < 1.29 is 19.0 Å². The fraction of sp³-hybridized carbons (Fsp3) is 0.200. The molecule has 0 aliphatic carbocycles. The number of aromatic nitrogens is 2. The molecule has 0 fully saturated rings. The molecule has 7 heteroatoms. The molecule has 0 bridgehead atoms. The second kappa shape index (κ2) is 8.27. The SMILES string of the molecule is COc1ccc(OC)c(NC(=O)c2ccc(OCc3nccn3C)cc2)c1. The Balaban J connectivity index is 1.66. The molecule has 7 nitrogen and oxygen atoms in total. The van der Waals surface area contributed by atoms with Gasteiger partial charge in [-0.2, -0.15) is 0 Å². The predicted molar refractivity (Wildman–Crippen MR) is 101 cm³/mol. The zero-order valence-corrected chi connectivity index (χ0v) is 15.4. The van der Waals surface area contributed by atoms with Crippen LogP contribution in [0.3, 0.4) is 0 Å². The second-order valence-electron chi connectivity index (χ2n) is 5.79. The first-order valence-corrected chi connectivity index (χ1v) is 8.33. The van der Waals surface area contributed by atoms with Gasteiger partial charge in [-0.3, -0.25) is 4.79 Å². The lowest BCUT2D eigenvalue weighted by Crippen LogP contribution is -2.12. The number of rotatable bonds is 7. The van der Waals surface area contributed by atoms with Gasteiger partial charge in [-0.05, 0) is 36.4 Å². The van der Waals surface area contributed by atoms with Gasteiger partial charge in [-0.25, -0.2) is 4.98 Å². The molecular weight excluding hydrogens is 346 g/mol. The summed E-state index contributed by atoms with van der Waals surface area (Å²) in [4.78, 5) is 16.7. The van der Waals surface area contributed by atoms with E-state index in [2.05, 4.69) is 10.3 Å². The maximum Gasteiger partial charge on any atom is 0.255 e. The summed E-state index contributed by atoms with van der Waals surface area (Å²) >= 11 is 0. The average molecular weight is 367 g/mol. The van der Waals surface area contributed by atoms with Crippen LogP contribution in [0.1, 0.15) is 16.2 Å². The summed E-state index contributed by atoms with van der Waals surface area (Å²) in [6, 6.07) is 12.1. The molecule has 0 saturated carbocycles. The lowest BCUT2D eigenvalue weighted by Gasteiger charge is -2.12. The Morgan fingerprint density at radius 3 is 2.44 bits per heavy atom. The Morgan fingerprint density at radius 1 is 1.07 bits per heavy atom. The lowest BCUT2D eigenvalue weighted by molar-refractivity contribution is 0.102. The maximum absolute atomic E-state index is 12.5. The predicted octanol–water partition coefficient (Wildman–Crippen LogP) is 3.27. The summed E-state index contributed by atoms with van der Waals surface area (Å²) in [5.41, 5.74) is 1.04. The van der Waals surface area contributed by atoms with Crippen LogP contribution in [0.15, 0.2) is 54.9 Å². The van der Waals surface area contributed by atoms with Gasteiger partial charge in [0.15, 0.2) is 0 Å². The van der Waals surface area contributed by atoms with Crippen molar-refractivity contribution in [1.82, 2.24) is 9.55 Å². The van der Waals surface area contributed by atoms with Gasteiger partial charge in [0, 0.05) is 31.1 Å². The van der Waals surface area contributed by atoms with Crippen molar-refractivity contribution in [2.24, 2.45) is 7.05 Å². The van der Waals surface area contributed by atoms with E-state index < -0.39 is 0 Å². The van der Waals surface area contributed by atoms with Gasteiger partial charge in [0.25, 0.3) is 5.91 Å². The first-order valence-electron chi connectivity index (χ1n) is 8.33. The van der Waals surface area contributed by atoms with Crippen molar-refractivity contribution in [3.05, 3.63) is 66.2 Å². The van der Waals surface area contributed by atoms with Crippen LogP contribution in [0.5, 0.6) is 17.2 Å². The molecule has 1 aromatic heterocycles. The minimum Gasteiger partial charge on any atom is -0.497 e. The summed E-state index contributed by atoms with van der Waals surface area (Å²) in [5.74, 6) is 2.41. The molecule has 140 valence electrons. The molecule has 2 aromatic carbocycles. The number of anilines is 1. The van der Waals surface area contributed by atoms with E-state index in [1.807, 2.05) is 17.8 Å². The monoisotopic (exact) mass is 367 g/mol. The van der Waals surface area contributed by atoms with Gasteiger partial charge in [0.05, 0.1) is 19.9 Å². The van der Waals surface area contributed by atoms with E-state index in [1.54, 1.807) is 62.9 Å². The van der Waals surface area contributed by atoms with E-state index in [0.717, 1.165) is 5.82 Å². The van der Waals surface area contributed by atoms with E-state index in [1.165, 1.54) is 0 Å². The van der Waals surface area contributed by atoms with Gasteiger partial charge in [0.1, 0.15) is 29.7 Å². The zero-order valence-electron chi connectivity index (χ0n) is 15.4. The normalized spacial score (nSPS) is 10.3. The van der Waals surface area contributed by atoms with Crippen molar-refractivity contribution in [3.63, 3.8) is 0 Å². The Bertz CT molecular complexity index is 919. The zero-order chi connectivity index (χ0) is 19.2. The number of ether oxygens (including phenoxy) is 3. The van der Waals surface area contributed by atoms with Crippen LogP contribution < -0.4 is 19.5 Å². The Morgan fingerprint density at radius 2 is 1.81 bits per heavy atom. The van der Waals surface area contributed by atoms with Crippen LogP contribution in [-0.4, -0.2) is 29.7 Å². The topological polar surface area (TPSA) is 74.6 Å². The number of hydrogen-bond acceptors (Lipinski definition) is 5. The third-order valence-corrected chi connectivity index (χ3v) is 4.06. The van der Waals surface area contributed by atoms with Crippen molar-refractivity contribution >= 4 is 11.6 Å². The minimum absolute atomic E-state index is 0.253. The number of benzene rings is 2. The molecule has 0 saturated heterocycles. The number of imidazole rings is 1. The summed E-state index contributed by atoms with van der Waals surface area (Å²) in [7, 11) is 5.02. The van der Waals surface area contributed by atoms with Crippen LogP contribution >= 0.6 is 0 Å². The molecule has 1 amide bonds. The molecule has 0 aliphatic heterocycles. The number of carbonyl (C=O) groups is 1. The molecule has 0 atom stereocenters. The summed E-state index contributed by atoms with van der Waals surface area (Å²) < 4.78 is 18.1. The Kier molecular flexibility index (Phi) is 5.61. The third-order valence-electron chi connectivity index (χ3n) is 4.06. The van der Waals surface area contributed by atoms with Crippen molar-refractivity contribution in [1.29, 1.82) is 0 Å². The summed E-state index contributed by atoms with van der Waals surface area (Å²) in [5, 5.41) is 2.84. The first-order chi connectivity index (χ1) is 13.1. The summed E-state index contributed by atoms with van der Waals surface area (Å²) in [6.45, 7) is 0.357. The molecule has 0 spiro atoms. The minimum atomic E-state index is -0.253. The number of hydrogen-bond donors (Lipinski definition) is 1.